The summed E-state index contributed by atoms with van der Waals surface area (Å²) >= 11 is 0. The van der Waals surface area contributed by atoms with Crippen molar-refractivity contribution in [2.45, 2.75) is 12.5 Å². The van der Waals surface area contributed by atoms with Crippen LogP contribution in [0.2, 0.25) is 0 Å². The van der Waals surface area contributed by atoms with Crippen molar-refractivity contribution in [3.8, 4) is 0 Å². The molecule has 78 valence electrons. The molecule has 1 atom stereocenters. The number of aldehydes is 1. The van der Waals surface area contributed by atoms with E-state index in [-0.39, 0.29) is 6.04 Å². The van der Waals surface area contributed by atoms with Crippen molar-refractivity contribution in [1.29, 1.82) is 0 Å². The summed E-state index contributed by atoms with van der Waals surface area (Å²) in [5.74, 6) is 0.593. The molecule has 4 nitrogen and oxygen atoms in total. The number of para-hydroxylation sites is 1. The fourth-order valence-corrected chi connectivity index (χ4v) is 1.56. The topological polar surface area (TPSA) is 41.9 Å². The first-order chi connectivity index (χ1) is 7.35. The monoisotopic (exact) mass is 204 g/mol. The number of hydrazone groups is 1. The van der Waals surface area contributed by atoms with Crippen molar-refractivity contribution in [3.05, 3.63) is 30.3 Å². The van der Waals surface area contributed by atoms with Gasteiger partial charge in [0.05, 0.1) is 19.2 Å². The van der Waals surface area contributed by atoms with Gasteiger partial charge in [-0.25, -0.2) is 0 Å². The molecular formula is C11H12N2O2. The van der Waals surface area contributed by atoms with E-state index in [9.17, 15) is 4.79 Å². The predicted octanol–water partition coefficient (Wildman–Crippen LogP) is 1.42. The lowest BCUT2D eigenvalue weighted by molar-refractivity contribution is -0.108. The lowest BCUT2D eigenvalue weighted by Crippen LogP contribution is -2.27. The first kappa shape index (κ1) is 9.71. The van der Waals surface area contributed by atoms with Crippen molar-refractivity contribution in [1.82, 2.24) is 0 Å². The Kier molecular flexibility index (Phi) is 2.67. The lowest BCUT2D eigenvalue weighted by atomic mass is 10.2. The number of hydrogen-bond donors (Lipinski definition) is 0. The van der Waals surface area contributed by atoms with Gasteiger partial charge in [0, 0.05) is 0 Å². The van der Waals surface area contributed by atoms with Gasteiger partial charge in [-0.05, 0) is 12.1 Å². The molecule has 0 amide bonds. The molecule has 1 aromatic rings. The molecule has 0 aliphatic carbocycles. The largest absolute Gasteiger partial charge is 0.483 e. The van der Waals surface area contributed by atoms with E-state index in [1.165, 1.54) is 0 Å². The van der Waals surface area contributed by atoms with Crippen LogP contribution in [0.3, 0.4) is 0 Å². The van der Waals surface area contributed by atoms with E-state index in [0.717, 1.165) is 12.0 Å². The Bertz CT molecular complexity index is 375. The first-order valence-corrected chi connectivity index (χ1v) is 4.76. The molecule has 0 spiro atoms. The number of ether oxygens (including phenoxy) is 1. The van der Waals surface area contributed by atoms with Gasteiger partial charge in [-0.2, -0.15) is 0 Å². The molecule has 4 heteroatoms. The standard InChI is InChI=1S/C11H12N2O2/c1-15-11-7-10(8-14)13(12-11)9-5-3-2-4-6-9/h2-6,8,10H,7H2,1H3. The number of nitrogens with zero attached hydrogens (tertiary/aromatic N) is 2. The fraction of sp³-hybridized carbons (Fsp3) is 0.273. The highest BCUT2D eigenvalue weighted by molar-refractivity contribution is 5.87. The van der Waals surface area contributed by atoms with E-state index in [0.29, 0.717) is 12.3 Å². The third-order valence-electron chi connectivity index (χ3n) is 2.33. The molecule has 1 aromatic carbocycles. The van der Waals surface area contributed by atoms with Gasteiger partial charge in [-0.3, -0.25) is 5.01 Å². The van der Waals surface area contributed by atoms with Gasteiger partial charge in [0.2, 0.25) is 5.90 Å². The molecular weight excluding hydrogens is 192 g/mol. The van der Waals surface area contributed by atoms with E-state index in [2.05, 4.69) is 5.10 Å². The highest BCUT2D eigenvalue weighted by atomic mass is 16.5. The van der Waals surface area contributed by atoms with Crippen LogP contribution in [0.4, 0.5) is 5.69 Å². The molecule has 1 aliphatic rings. The maximum Gasteiger partial charge on any atom is 0.208 e. The average molecular weight is 204 g/mol. The fourth-order valence-electron chi connectivity index (χ4n) is 1.56. The van der Waals surface area contributed by atoms with E-state index < -0.39 is 0 Å². The first-order valence-electron chi connectivity index (χ1n) is 4.76. The zero-order valence-corrected chi connectivity index (χ0v) is 8.46. The van der Waals surface area contributed by atoms with Gasteiger partial charge in [0.15, 0.2) is 0 Å². The summed E-state index contributed by atoms with van der Waals surface area (Å²) in [6.07, 6.45) is 1.43. The Morgan fingerprint density at radius 2 is 2.20 bits per heavy atom. The molecule has 0 aromatic heterocycles. The van der Waals surface area contributed by atoms with E-state index in [1.54, 1.807) is 12.1 Å². The van der Waals surface area contributed by atoms with Gasteiger partial charge in [0.25, 0.3) is 0 Å². The van der Waals surface area contributed by atoms with Crippen LogP contribution in [0.15, 0.2) is 35.4 Å². The maximum absolute atomic E-state index is 10.9. The predicted molar refractivity (Wildman–Crippen MR) is 57.8 cm³/mol. The summed E-state index contributed by atoms with van der Waals surface area (Å²) < 4.78 is 5.04. The number of methoxy groups -OCH3 is 1. The minimum absolute atomic E-state index is 0.248. The molecule has 1 unspecified atom stereocenters. The van der Waals surface area contributed by atoms with Crippen LogP contribution in [0, 0.1) is 0 Å². The summed E-state index contributed by atoms with van der Waals surface area (Å²) in [6.45, 7) is 0. The van der Waals surface area contributed by atoms with Crippen molar-refractivity contribution in [2.75, 3.05) is 12.1 Å². The minimum atomic E-state index is -0.248. The molecule has 0 N–H and O–H groups in total. The average Bonchev–Trinajstić information content (AvgIpc) is 2.73. The number of carbonyl (C=O) groups is 1. The van der Waals surface area contributed by atoms with Crippen LogP contribution in [0.1, 0.15) is 6.42 Å². The Labute approximate surface area is 88.2 Å². The molecule has 0 fully saturated rings. The van der Waals surface area contributed by atoms with E-state index >= 15 is 0 Å². The van der Waals surface area contributed by atoms with Crippen molar-refractivity contribution in [3.63, 3.8) is 0 Å². The molecule has 0 radical (unpaired) electrons. The molecule has 2 rings (SSSR count). The molecule has 1 heterocycles. The Morgan fingerprint density at radius 3 is 2.80 bits per heavy atom. The Hall–Kier alpha value is -1.84. The minimum Gasteiger partial charge on any atom is -0.483 e. The summed E-state index contributed by atoms with van der Waals surface area (Å²) in [5, 5.41) is 5.91. The third kappa shape index (κ3) is 1.83. The van der Waals surface area contributed by atoms with Crippen LogP contribution in [0.25, 0.3) is 0 Å². The number of rotatable bonds is 2. The van der Waals surface area contributed by atoms with Gasteiger partial charge < -0.3 is 9.53 Å². The second-order valence-electron chi connectivity index (χ2n) is 3.29. The quantitative estimate of drug-likeness (QED) is 0.684. The lowest BCUT2D eigenvalue weighted by Gasteiger charge is -2.17. The maximum atomic E-state index is 10.9. The molecule has 15 heavy (non-hydrogen) atoms. The highest BCUT2D eigenvalue weighted by Gasteiger charge is 2.27. The van der Waals surface area contributed by atoms with Gasteiger partial charge in [0.1, 0.15) is 12.3 Å². The van der Waals surface area contributed by atoms with E-state index in [1.807, 2.05) is 30.3 Å². The molecule has 0 saturated carbocycles. The molecule has 1 aliphatic heterocycles. The van der Waals surface area contributed by atoms with Gasteiger partial charge >= 0.3 is 0 Å². The van der Waals surface area contributed by atoms with Crippen LogP contribution in [0.5, 0.6) is 0 Å². The summed E-state index contributed by atoms with van der Waals surface area (Å²) in [5.41, 5.74) is 0.904. The second kappa shape index (κ2) is 4.13. The summed E-state index contributed by atoms with van der Waals surface area (Å²) in [6, 6.07) is 9.34. The number of hydrogen-bond acceptors (Lipinski definition) is 4. The third-order valence-corrected chi connectivity index (χ3v) is 2.33. The SMILES string of the molecule is COC1=NN(c2ccccc2)C(C=O)C1. The Morgan fingerprint density at radius 1 is 1.47 bits per heavy atom. The van der Waals surface area contributed by atoms with Crippen LogP contribution in [-0.4, -0.2) is 25.3 Å². The van der Waals surface area contributed by atoms with Crippen LogP contribution < -0.4 is 5.01 Å². The van der Waals surface area contributed by atoms with Crippen LogP contribution in [-0.2, 0) is 9.53 Å². The molecule has 0 saturated heterocycles. The highest BCUT2D eigenvalue weighted by Crippen LogP contribution is 2.23. The van der Waals surface area contributed by atoms with Gasteiger partial charge in [-0.1, -0.05) is 18.2 Å². The summed E-state index contributed by atoms with van der Waals surface area (Å²) in [7, 11) is 1.56. The van der Waals surface area contributed by atoms with Crippen molar-refractivity contribution < 1.29 is 9.53 Å². The van der Waals surface area contributed by atoms with Crippen LogP contribution >= 0.6 is 0 Å². The van der Waals surface area contributed by atoms with Crippen molar-refractivity contribution >= 4 is 17.9 Å². The Balaban J connectivity index is 2.27. The molecule has 0 bridgehead atoms. The number of carbonyl (C=O) groups excluding carboxylic acids is 1. The second-order valence-corrected chi connectivity index (χ2v) is 3.29. The van der Waals surface area contributed by atoms with Crippen molar-refractivity contribution in [2.24, 2.45) is 5.10 Å². The normalized spacial score (nSPS) is 19.9. The van der Waals surface area contributed by atoms with Gasteiger partial charge in [-0.15, -0.1) is 5.10 Å². The zero-order chi connectivity index (χ0) is 10.7. The van der Waals surface area contributed by atoms with E-state index in [4.69, 9.17) is 4.74 Å². The smallest absolute Gasteiger partial charge is 0.208 e. The number of anilines is 1. The summed E-state index contributed by atoms with van der Waals surface area (Å²) in [4.78, 5) is 10.9. The number of benzene rings is 1. The zero-order valence-electron chi connectivity index (χ0n) is 8.46.